The summed E-state index contributed by atoms with van der Waals surface area (Å²) in [5, 5.41) is 14.5. The highest BCUT2D eigenvalue weighted by Crippen LogP contribution is 1.92. The summed E-state index contributed by atoms with van der Waals surface area (Å²) in [6.07, 6.45) is 5.41. The Labute approximate surface area is 116 Å². The Kier molecular flexibility index (Phi) is 11.9. The molecule has 2 N–H and O–H groups in total. The second-order valence-corrected chi connectivity index (χ2v) is 4.20. The Morgan fingerprint density at radius 3 is 2.58 bits per heavy atom. The molecule has 0 bridgehead atoms. The van der Waals surface area contributed by atoms with Crippen molar-refractivity contribution in [3.8, 4) is 6.07 Å². The lowest BCUT2D eigenvalue weighted by Gasteiger charge is -2.05. The fourth-order valence-corrected chi connectivity index (χ4v) is 1.28. The van der Waals surface area contributed by atoms with Crippen molar-refractivity contribution in [1.82, 2.24) is 10.6 Å². The molecule has 0 aliphatic rings. The third kappa shape index (κ3) is 10.1. The Morgan fingerprint density at radius 2 is 1.95 bits per heavy atom. The lowest BCUT2D eigenvalue weighted by molar-refractivity contribution is -0.117. The molecule has 0 aromatic carbocycles. The highest BCUT2D eigenvalue weighted by atomic mass is 16.5. The summed E-state index contributed by atoms with van der Waals surface area (Å²) in [4.78, 5) is 11.5. The molecule has 5 nitrogen and oxygen atoms in total. The molecule has 5 heteroatoms. The third-order valence-corrected chi connectivity index (χ3v) is 2.40. The number of carbonyl (C=O) groups is 1. The van der Waals surface area contributed by atoms with Gasteiger partial charge in [-0.1, -0.05) is 20.3 Å². The number of ether oxygens (including phenoxy) is 1. The molecule has 0 unspecified atom stereocenters. The van der Waals surface area contributed by atoms with Crippen molar-refractivity contribution < 1.29 is 9.53 Å². The van der Waals surface area contributed by atoms with Gasteiger partial charge in [0.05, 0.1) is 0 Å². The van der Waals surface area contributed by atoms with E-state index < -0.39 is 0 Å². The number of hydrogen-bond donors (Lipinski definition) is 2. The zero-order chi connectivity index (χ0) is 14.3. The van der Waals surface area contributed by atoms with E-state index in [2.05, 4.69) is 17.6 Å². The van der Waals surface area contributed by atoms with Gasteiger partial charge < -0.3 is 15.4 Å². The van der Waals surface area contributed by atoms with Crippen LogP contribution in [0.5, 0.6) is 0 Å². The van der Waals surface area contributed by atoms with Gasteiger partial charge in [0, 0.05) is 32.5 Å². The maximum atomic E-state index is 11.5. The molecule has 19 heavy (non-hydrogen) atoms. The van der Waals surface area contributed by atoms with Gasteiger partial charge in [-0.3, -0.25) is 4.79 Å². The van der Waals surface area contributed by atoms with E-state index in [1.165, 1.54) is 6.20 Å². The van der Waals surface area contributed by atoms with Crippen LogP contribution in [0.2, 0.25) is 0 Å². The lowest BCUT2D eigenvalue weighted by atomic mass is 10.3. The van der Waals surface area contributed by atoms with Crippen LogP contribution in [0.1, 0.15) is 39.5 Å². The molecule has 0 aliphatic heterocycles. The molecule has 0 saturated heterocycles. The summed E-state index contributed by atoms with van der Waals surface area (Å²) in [5.74, 6) is -0.323. The first-order chi connectivity index (χ1) is 9.26. The maximum Gasteiger partial charge on any atom is 0.263 e. The molecule has 0 saturated carbocycles. The summed E-state index contributed by atoms with van der Waals surface area (Å²) in [7, 11) is 0. The summed E-state index contributed by atoms with van der Waals surface area (Å²) in [5.41, 5.74) is 0.111. The van der Waals surface area contributed by atoms with E-state index in [1.54, 1.807) is 0 Å². The minimum absolute atomic E-state index is 0.111. The minimum atomic E-state index is -0.323. The lowest BCUT2D eigenvalue weighted by Crippen LogP contribution is -2.26. The molecule has 0 aromatic rings. The van der Waals surface area contributed by atoms with Gasteiger partial charge in [-0.15, -0.1) is 0 Å². The number of amides is 1. The van der Waals surface area contributed by atoms with E-state index in [-0.39, 0.29) is 11.5 Å². The predicted octanol–water partition coefficient (Wildman–Crippen LogP) is 1.72. The highest BCUT2D eigenvalue weighted by molar-refractivity contribution is 5.97. The first-order valence-electron chi connectivity index (χ1n) is 6.95. The van der Waals surface area contributed by atoms with E-state index in [4.69, 9.17) is 10.00 Å². The van der Waals surface area contributed by atoms with Crippen molar-refractivity contribution in [2.45, 2.75) is 39.5 Å². The fraction of sp³-hybridized carbons (Fsp3) is 0.714. The Bertz CT molecular complexity index is 308. The van der Waals surface area contributed by atoms with Crippen LogP contribution >= 0.6 is 0 Å². The van der Waals surface area contributed by atoms with Crippen LogP contribution in [-0.2, 0) is 9.53 Å². The Hall–Kier alpha value is -1.54. The van der Waals surface area contributed by atoms with E-state index in [0.29, 0.717) is 19.7 Å². The first-order valence-corrected chi connectivity index (χ1v) is 6.95. The molecule has 0 fully saturated rings. The van der Waals surface area contributed by atoms with Crippen molar-refractivity contribution >= 4 is 5.91 Å². The Balaban J connectivity index is 3.71. The monoisotopic (exact) mass is 267 g/mol. The average Bonchev–Trinajstić information content (AvgIpc) is 2.43. The van der Waals surface area contributed by atoms with Crippen LogP contribution in [0.4, 0.5) is 0 Å². The zero-order valence-corrected chi connectivity index (χ0v) is 12.0. The molecule has 0 spiro atoms. The van der Waals surface area contributed by atoms with Crippen LogP contribution in [-0.4, -0.2) is 32.2 Å². The van der Waals surface area contributed by atoms with E-state index in [0.717, 1.165) is 32.3 Å². The van der Waals surface area contributed by atoms with Crippen molar-refractivity contribution in [3.63, 3.8) is 0 Å². The largest absolute Gasteiger partial charge is 0.390 e. The smallest absolute Gasteiger partial charge is 0.263 e. The van der Waals surface area contributed by atoms with Gasteiger partial charge in [-0.2, -0.15) is 5.26 Å². The zero-order valence-electron chi connectivity index (χ0n) is 12.0. The van der Waals surface area contributed by atoms with Gasteiger partial charge in [0.15, 0.2) is 0 Å². The molecule has 0 aromatic heterocycles. The number of carbonyl (C=O) groups excluding carboxylic acids is 1. The molecule has 0 atom stereocenters. The molecule has 0 radical (unpaired) electrons. The van der Waals surface area contributed by atoms with E-state index in [9.17, 15) is 4.79 Å². The quantitative estimate of drug-likeness (QED) is 0.339. The standard InChI is InChI=1S/C14H25N3O2/c1-3-5-9-19-10-6-8-16-12-13(11-15)14(18)17-7-4-2/h12,16H,3-10H2,1-2H3,(H,17,18)/b13-12-. The van der Waals surface area contributed by atoms with Crippen molar-refractivity contribution in [2.24, 2.45) is 0 Å². The molecule has 0 aliphatic carbocycles. The maximum absolute atomic E-state index is 11.5. The van der Waals surface area contributed by atoms with Gasteiger partial charge in [-0.05, 0) is 19.3 Å². The minimum Gasteiger partial charge on any atom is -0.390 e. The summed E-state index contributed by atoms with van der Waals surface area (Å²) < 4.78 is 5.40. The number of unbranched alkanes of at least 4 members (excludes halogenated alkanes) is 1. The number of nitrogens with one attached hydrogen (secondary N) is 2. The van der Waals surface area contributed by atoms with Gasteiger partial charge >= 0.3 is 0 Å². The summed E-state index contributed by atoms with van der Waals surface area (Å²) in [6, 6.07) is 1.88. The van der Waals surface area contributed by atoms with Gasteiger partial charge in [-0.25, -0.2) is 0 Å². The molecule has 1 amide bonds. The highest BCUT2D eigenvalue weighted by Gasteiger charge is 2.06. The Morgan fingerprint density at radius 1 is 1.21 bits per heavy atom. The van der Waals surface area contributed by atoms with E-state index >= 15 is 0 Å². The molecular weight excluding hydrogens is 242 g/mol. The number of nitrogens with zero attached hydrogens (tertiary/aromatic N) is 1. The predicted molar refractivity (Wildman–Crippen MR) is 75.3 cm³/mol. The number of rotatable bonds is 11. The normalized spacial score (nSPS) is 10.9. The first kappa shape index (κ1) is 17.5. The van der Waals surface area contributed by atoms with Crippen LogP contribution in [0.25, 0.3) is 0 Å². The average molecular weight is 267 g/mol. The van der Waals surface area contributed by atoms with Crippen molar-refractivity contribution in [1.29, 1.82) is 5.26 Å². The molecule has 0 rings (SSSR count). The second kappa shape index (κ2) is 12.9. The van der Waals surface area contributed by atoms with Gasteiger partial charge in [0.1, 0.15) is 11.6 Å². The molecule has 0 heterocycles. The third-order valence-electron chi connectivity index (χ3n) is 2.40. The van der Waals surface area contributed by atoms with Gasteiger partial charge in [0.25, 0.3) is 5.91 Å². The van der Waals surface area contributed by atoms with Gasteiger partial charge in [0.2, 0.25) is 0 Å². The summed E-state index contributed by atoms with van der Waals surface area (Å²) in [6.45, 7) is 6.87. The molecule has 108 valence electrons. The number of nitriles is 1. The topological polar surface area (TPSA) is 74.1 Å². The second-order valence-electron chi connectivity index (χ2n) is 4.20. The SMILES string of the molecule is CCCCOCCCN/C=C(/C#N)C(=O)NCCC. The number of hydrogen-bond acceptors (Lipinski definition) is 4. The van der Waals surface area contributed by atoms with Crippen LogP contribution in [0.3, 0.4) is 0 Å². The van der Waals surface area contributed by atoms with Crippen LogP contribution in [0, 0.1) is 11.3 Å². The van der Waals surface area contributed by atoms with Crippen LogP contribution in [0.15, 0.2) is 11.8 Å². The van der Waals surface area contributed by atoms with E-state index in [1.807, 2.05) is 13.0 Å². The fourth-order valence-electron chi connectivity index (χ4n) is 1.28. The van der Waals surface area contributed by atoms with Crippen LogP contribution < -0.4 is 10.6 Å². The van der Waals surface area contributed by atoms with Crippen molar-refractivity contribution in [2.75, 3.05) is 26.3 Å². The summed E-state index contributed by atoms with van der Waals surface area (Å²) >= 11 is 0. The molecular formula is C14H25N3O2. The van der Waals surface area contributed by atoms with Crippen molar-refractivity contribution in [3.05, 3.63) is 11.8 Å².